The molecule has 5 nitrogen and oxygen atoms in total. The first-order chi connectivity index (χ1) is 11.9. The van der Waals surface area contributed by atoms with Gasteiger partial charge in [-0.15, -0.1) is 0 Å². The van der Waals surface area contributed by atoms with Crippen molar-refractivity contribution < 1.29 is 14.7 Å². The fourth-order valence-corrected chi connectivity index (χ4v) is 3.55. The number of aromatic hydroxyl groups is 1. The number of phenols is 1. The highest BCUT2D eigenvalue weighted by Crippen LogP contribution is 2.30. The molecule has 2 amide bonds. The Kier molecular flexibility index (Phi) is 5.11. The molecule has 2 aromatic rings. The second-order valence-electron chi connectivity index (χ2n) is 5.62. The van der Waals surface area contributed by atoms with E-state index in [9.17, 15) is 14.7 Å². The van der Waals surface area contributed by atoms with Gasteiger partial charge in [0.25, 0.3) is 5.91 Å². The van der Waals surface area contributed by atoms with E-state index in [4.69, 9.17) is 11.6 Å². The van der Waals surface area contributed by atoms with Crippen LogP contribution in [0.3, 0.4) is 0 Å². The first kappa shape index (κ1) is 17.5. The van der Waals surface area contributed by atoms with Crippen LogP contribution in [0.25, 0.3) is 0 Å². The molecule has 2 N–H and O–H groups in total. The predicted octanol–water partition coefficient (Wildman–Crippen LogP) is 3.77. The summed E-state index contributed by atoms with van der Waals surface area (Å²) in [7, 11) is 0. The number of halogens is 1. The van der Waals surface area contributed by atoms with Gasteiger partial charge in [-0.3, -0.25) is 9.59 Å². The van der Waals surface area contributed by atoms with Gasteiger partial charge in [0.2, 0.25) is 5.91 Å². The Morgan fingerprint density at radius 1 is 1.28 bits per heavy atom. The summed E-state index contributed by atoms with van der Waals surface area (Å²) in [6.07, 6.45) is 0.0279. The number of carbonyl (C=O) groups excluding carboxylic acids is 2. The molecule has 0 spiro atoms. The number of thioether (sulfide) groups is 1. The maximum atomic E-state index is 12.2. The average Bonchev–Trinajstić information content (AvgIpc) is 2.92. The number of rotatable bonds is 4. The van der Waals surface area contributed by atoms with E-state index in [1.807, 2.05) is 13.0 Å². The third kappa shape index (κ3) is 4.21. The highest BCUT2D eigenvalue weighted by Gasteiger charge is 2.31. The summed E-state index contributed by atoms with van der Waals surface area (Å²) >= 11 is 7.30. The zero-order valence-electron chi connectivity index (χ0n) is 13.3. The number of hydrogen-bond donors (Lipinski definition) is 2. The topological polar surface area (TPSA) is 78.8 Å². The van der Waals surface area contributed by atoms with E-state index in [0.29, 0.717) is 15.8 Å². The second-order valence-corrected chi connectivity index (χ2v) is 7.22. The van der Waals surface area contributed by atoms with E-state index >= 15 is 0 Å². The van der Waals surface area contributed by atoms with E-state index in [1.165, 1.54) is 23.9 Å². The van der Waals surface area contributed by atoms with Crippen LogP contribution in [0, 0.1) is 6.92 Å². The summed E-state index contributed by atoms with van der Waals surface area (Å²) in [4.78, 5) is 28.3. The van der Waals surface area contributed by atoms with Gasteiger partial charge in [0.05, 0.1) is 0 Å². The summed E-state index contributed by atoms with van der Waals surface area (Å²) in [5, 5.41) is 12.6. The Hall–Kier alpha value is -2.31. The quantitative estimate of drug-likeness (QED) is 0.853. The lowest BCUT2D eigenvalue weighted by Crippen LogP contribution is -2.21. The van der Waals surface area contributed by atoms with E-state index < -0.39 is 5.25 Å². The minimum atomic E-state index is -0.551. The van der Waals surface area contributed by atoms with Crippen LogP contribution in [-0.2, 0) is 9.59 Å². The standard InChI is InChI=1S/C18H15ClN2O3S/c1-10-2-5-12(8-14(10)19)20-16(23)9-15-17(24)21-18(25-15)11-3-6-13(22)7-4-11/h2-8,15,22H,9H2,1H3,(H,20,23)/t15-/m1/s1. The fourth-order valence-electron chi connectivity index (χ4n) is 2.30. The van der Waals surface area contributed by atoms with Crippen molar-refractivity contribution >= 4 is 45.9 Å². The molecule has 3 rings (SSSR count). The molecule has 0 unspecified atom stereocenters. The van der Waals surface area contributed by atoms with Crippen molar-refractivity contribution in [2.75, 3.05) is 5.32 Å². The molecule has 1 atom stereocenters. The van der Waals surface area contributed by atoms with Crippen LogP contribution in [0.5, 0.6) is 5.75 Å². The molecule has 0 saturated heterocycles. The van der Waals surface area contributed by atoms with Crippen molar-refractivity contribution in [3.8, 4) is 5.75 Å². The third-order valence-electron chi connectivity index (χ3n) is 3.68. The second kappa shape index (κ2) is 7.29. The number of amides is 2. The average molecular weight is 375 g/mol. The van der Waals surface area contributed by atoms with E-state index in [0.717, 1.165) is 11.1 Å². The number of phenolic OH excluding ortho intramolecular Hbond substituents is 1. The van der Waals surface area contributed by atoms with Gasteiger partial charge in [-0.1, -0.05) is 29.4 Å². The molecule has 1 heterocycles. The van der Waals surface area contributed by atoms with Gasteiger partial charge in [0, 0.05) is 22.7 Å². The van der Waals surface area contributed by atoms with Crippen molar-refractivity contribution in [1.82, 2.24) is 0 Å². The van der Waals surface area contributed by atoms with Crippen LogP contribution in [0.15, 0.2) is 47.5 Å². The normalized spacial score (nSPS) is 16.6. The van der Waals surface area contributed by atoms with Crippen LogP contribution >= 0.6 is 23.4 Å². The molecule has 0 fully saturated rings. The van der Waals surface area contributed by atoms with Crippen LogP contribution in [0.2, 0.25) is 5.02 Å². The Labute approximate surface area is 154 Å². The van der Waals surface area contributed by atoms with Crippen LogP contribution in [-0.4, -0.2) is 27.2 Å². The van der Waals surface area contributed by atoms with E-state index in [1.54, 1.807) is 24.3 Å². The summed E-state index contributed by atoms with van der Waals surface area (Å²) in [5.74, 6) is -0.454. The monoisotopic (exact) mass is 374 g/mol. The van der Waals surface area contributed by atoms with E-state index in [-0.39, 0.29) is 24.0 Å². The first-order valence-corrected chi connectivity index (χ1v) is 8.83. The Balaban J connectivity index is 1.62. The minimum Gasteiger partial charge on any atom is -0.508 e. The number of aliphatic imine (C=N–C) groups is 1. The lowest BCUT2D eigenvalue weighted by Gasteiger charge is -2.09. The maximum Gasteiger partial charge on any atom is 0.260 e. The first-order valence-electron chi connectivity index (χ1n) is 7.57. The van der Waals surface area contributed by atoms with Gasteiger partial charge in [-0.25, -0.2) is 4.99 Å². The van der Waals surface area contributed by atoms with Crippen molar-refractivity contribution in [2.45, 2.75) is 18.6 Å². The van der Waals surface area contributed by atoms with Gasteiger partial charge in [-0.05, 0) is 48.9 Å². The number of nitrogens with zero attached hydrogens (tertiary/aromatic N) is 1. The van der Waals surface area contributed by atoms with Gasteiger partial charge >= 0.3 is 0 Å². The molecule has 0 saturated carbocycles. The number of anilines is 1. The molecule has 2 aromatic carbocycles. The number of carbonyl (C=O) groups is 2. The third-order valence-corrected chi connectivity index (χ3v) is 5.29. The molecule has 0 aromatic heterocycles. The molecule has 25 heavy (non-hydrogen) atoms. The highest BCUT2D eigenvalue weighted by atomic mass is 35.5. The van der Waals surface area contributed by atoms with E-state index in [2.05, 4.69) is 10.3 Å². The van der Waals surface area contributed by atoms with Crippen molar-refractivity contribution in [3.63, 3.8) is 0 Å². The number of aryl methyl sites for hydroxylation is 1. The highest BCUT2D eigenvalue weighted by molar-refractivity contribution is 8.16. The summed E-state index contributed by atoms with van der Waals surface area (Å²) < 4.78 is 0. The van der Waals surface area contributed by atoms with Crippen molar-refractivity contribution in [3.05, 3.63) is 58.6 Å². The summed E-state index contributed by atoms with van der Waals surface area (Å²) in [6.45, 7) is 1.88. The summed E-state index contributed by atoms with van der Waals surface area (Å²) in [6, 6.07) is 11.7. The summed E-state index contributed by atoms with van der Waals surface area (Å²) in [5.41, 5.74) is 2.26. The van der Waals surface area contributed by atoms with Crippen molar-refractivity contribution in [1.29, 1.82) is 0 Å². The molecular formula is C18H15ClN2O3S. The van der Waals surface area contributed by atoms with Crippen molar-refractivity contribution in [2.24, 2.45) is 4.99 Å². The molecule has 128 valence electrons. The van der Waals surface area contributed by atoms with Gasteiger partial charge < -0.3 is 10.4 Å². The SMILES string of the molecule is Cc1ccc(NC(=O)C[C@H]2SC(c3ccc(O)cc3)=NC2=O)cc1Cl. The smallest absolute Gasteiger partial charge is 0.260 e. The predicted molar refractivity (Wildman–Crippen MR) is 100 cm³/mol. The molecule has 1 aliphatic heterocycles. The number of nitrogens with one attached hydrogen (secondary N) is 1. The minimum absolute atomic E-state index is 0.0279. The Bertz CT molecular complexity index is 865. The molecule has 0 bridgehead atoms. The van der Waals surface area contributed by atoms with Crippen LogP contribution < -0.4 is 5.32 Å². The molecule has 0 radical (unpaired) electrons. The largest absolute Gasteiger partial charge is 0.508 e. The Morgan fingerprint density at radius 3 is 2.68 bits per heavy atom. The number of hydrogen-bond acceptors (Lipinski definition) is 4. The lowest BCUT2D eigenvalue weighted by atomic mass is 10.2. The fraction of sp³-hybridized carbons (Fsp3) is 0.167. The molecule has 7 heteroatoms. The molecule has 0 aliphatic carbocycles. The Morgan fingerprint density at radius 2 is 2.00 bits per heavy atom. The molecule has 1 aliphatic rings. The van der Waals surface area contributed by atoms with Gasteiger partial charge in [-0.2, -0.15) is 0 Å². The maximum absolute atomic E-state index is 12.2. The van der Waals surface area contributed by atoms with Crippen LogP contribution in [0.4, 0.5) is 5.69 Å². The number of benzene rings is 2. The lowest BCUT2D eigenvalue weighted by molar-refractivity contribution is -0.121. The van der Waals surface area contributed by atoms with Gasteiger partial charge in [0.15, 0.2) is 0 Å². The zero-order chi connectivity index (χ0) is 18.0. The molecular weight excluding hydrogens is 360 g/mol. The van der Waals surface area contributed by atoms with Crippen LogP contribution in [0.1, 0.15) is 17.5 Å². The van der Waals surface area contributed by atoms with Gasteiger partial charge in [0.1, 0.15) is 16.0 Å². The zero-order valence-corrected chi connectivity index (χ0v) is 14.9.